The molecule has 0 bridgehead atoms. The third-order valence-corrected chi connectivity index (χ3v) is 9.31. The number of nitrogens with one attached hydrogen (secondary N) is 3. The van der Waals surface area contributed by atoms with Gasteiger partial charge in [-0.25, -0.2) is 14.4 Å². The lowest BCUT2D eigenvalue weighted by Crippen LogP contribution is -2.44. The highest BCUT2D eigenvalue weighted by atomic mass is 35.5. The van der Waals surface area contributed by atoms with Crippen LogP contribution in [0.25, 0.3) is 0 Å². The molecule has 11 heteroatoms. The lowest BCUT2D eigenvalue weighted by molar-refractivity contribution is 0.0446. The first-order valence-electron chi connectivity index (χ1n) is 18.6. The molecule has 0 radical (unpaired) electrons. The monoisotopic (exact) mass is 748 g/mol. The molecule has 5 rings (SSSR count). The molecule has 2 atom stereocenters. The van der Waals surface area contributed by atoms with Gasteiger partial charge in [-0.3, -0.25) is 0 Å². The molecule has 0 aromatic heterocycles. The van der Waals surface area contributed by atoms with Gasteiger partial charge in [0.1, 0.15) is 17.8 Å². The highest BCUT2D eigenvalue weighted by Gasteiger charge is 2.32. The van der Waals surface area contributed by atoms with Gasteiger partial charge in [-0.1, -0.05) is 84.4 Å². The van der Waals surface area contributed by atoms with Crippen molar-refractivity contribution in [2.24, 2.45) is 11.8 Å². The van der Waals surface area contributed by atoms with E-state index in [-0.39, 0.29) is 36.8 Å². The van der Waals surface area contributed by atoms with E-state index in [9.17, 15) is 14.4 Å². The Labute approximate surface area is 320 Å². The van der Waals surface area contributed by atoms with Crippen LogP contribution in [0.1, 0.15) is 96.0 Å². The first-order valence-corrected chi connectivity index (χ1v) is 19.0. The first kappa shape index (κ1) is 41.5. The molecule has 3 aromatic rings. The average Bonchev–Trinajstić information content (AvgIpc) is 3.12. The molecule has 3 amide bonds. The Balaban J connectivity index is 0.000000258. The number of carbonyl (C=O) groups is 3. The molecular formula is C42H57ClN4O6. The molecule has 2 fully saturated rings. The molecule has 2 aliphatic rings. The van der Waals surface area contributed by atoms with Crippen molar-refractivity contribution in [3.8, 4) is 0 Å². The lowest BCUT2D eigenvalue weighted by atomic mass is 9.85. The van der Waals surface area contributed by atoms with Crippen LogP contribution in [0.3, 0.4) is 0 Å². The molecule has 0 saturated carbocycles. The first-order chi connectivity index (χ1) is 25.2. The predicted molar refractivity (Wildman–Crippen MR) is 209 cm³/mol. The van der Waals surface area contributed by atoms with Crippen LogP contribution in [0.4, 0.5) is 14.4 Å². The van der Waals surface area contributed by atoms with E-state index >= 15 is 0 Å². The van der Waals surface area contributed by atoms with Gasteiger partial charge in [-0.05, 0) is 121 Å². The topological polar surface area (TPSA) is 118 Å². The maximum absolute atomic E-state index is 12.5. The summed E-state index contributed by atoms with van der Waals surface area (Å²) in [5, 5.41) is 10.1. The molecule has 3 aromatic carbocycles. The number of amides is 3. The zero-order valence-electron chi connectivity index (χ0n) is 32.0. The van der Waals surface area contributed by atoms with Gasteiger partial charge < -0.3 is 35.1 Å². The maximum atomic E-state index is 12.5. The number of nitrogens with zero attached hydrogens (tertiary/aromatic N) is 1. The number of benzene rings is 3. The minimum atomic E-state index is -0.583. The van der Waals surface area contributed by atoms with Gasteiger partial charge in [-0.15, -0.1) is 0 Å². The largest absolute Gasteiger partial charge is 0.445 e. The van der Waals surface area contributed by atoms with Crippen LogP contribution in [-0.2, 0) is 20.8 Å². The van der Waals surface area contributed by atoms with E-state index in [0.717, 1.165) is 55.5 Å². The number of piperidine rings is 2. The Hall–Kier alpha value is -4.28. The molecule has 3 N–H and O–H groups in total. The Kier molecular flexibility index (Phi) is 15.4. The van der Waals surface area contributed by atoms with Crippen molar-refractivity contribution in [1.29, 1.82) is 0 Å². The molecule has 0 spiro atoms. The molecule has 2 heterocycles. The third-order valence-electron chi connectivity index (χ3n) is 9.06. The van der Waals surface area contributed by atoms with E-state index in [2.05, 4.69) is 28.1 Å². The second-order valence-electron chi connectivity index (χ2n) is 15.7. The van der Waals surface area contributed by atoms with Gasteiger partial charge in [-0.2, -0.15) is 0 Å². The number of ether oxygens (including phenoxy) is 3. The van der Waals surface area contributed by atoms with Crippen molar-refractivity contribution in [2.75, 3.05) is 26.2 Å². The van der Waals surface area contributed by atoms with Crippen molar-refractivity contribution in [3.05, 3.63) is 107 Å². The second kappa shape index (κ2) is 19.7. The quantitative estimate of drug-likeness (QED) is 0.197. The van der Waals surface area contributed by atoms with Crippen LogP contribution in [0, 0.1) is 11.8 Å². The van der Waals surface area contributed by atoms with Crippen molar-refractivity contribution in [1.82, 2.24) is 20.9 Å². The van der Waals surface area contributed by atoms with Crippen LogP contribution >= 0.6 is 11.6 Å². The van der Waals surface area contributed by atoms with Crippen molar-refractivity contribution >= 4 is 29.9 Å². The van der Waals surface area contributed by atoms with Gasteiger partial charge in [0.05, 0.1) is 12.1 Å². The Bertz CT molecular complexity index is 1560. The van der Waals surface area contributed by atoms with Crippen molar-refractivity contribution < 1.29 is 28.6 Å². The molecule has 10 nitrogen and oxygen atoms in total. The standard InChI is InChI=1S/C25H31ClN2O4.C17H26N2O2/c1-25(2,3)32-23(29)27-22(19-9-11-21(26)12-10-19)20-13-15-28(16-14-20)24(30)31-17-18-7-5-4-6-8-18;1-17(2,3)21-16(20)19-15(13-7-5-4-6-8-13)14-9-11-18-12-10-14/h4-12,20,22H,13-17H2,1-3H3,(H,27,29);4-8,14-15,18H,9-12H2,1-3H3,(H,19,20). The number of carbonyl (C=O) groups excluding carboxylic acids is 3. The third kappa shape index (κ3) is 14.6. The lowest BCUT2D eigenvalue weighted by Gasteiger charge is -2.36. The van der Waals surface area contributed by atoms with Gasteiger partial charge >= 0.3 is 18.3 Å². The zero-order valence-corrected chi connectivity index (χ0v) is 32.8. The Morgan fingerprint density at radius 2 is 1.15 bits per heavy atom. The predicted octanol–water partition coefficient (Wildman–Crippen LogP) is 9.21. The smallest absolute Gasteiger partial charge is 0.410 e. The summed E-state index contributed by atoms with van der Waals surface area (Å²) in [6, 6.07) is 27.1. The summed E-state index contributed by atoms with van der Waals surface area (Å²) in [4.78, 5) is 38.9. The van der Waals surface area contributed by atoms with E-state index in [1.165, 1.54) is 0 Å². The van der Waals surface area contributed by atoms with Crippen LogP contribution in [-0.4, -0.2) is 60.6 Å². The Morgan fingerprint density at radius 3 is 1.64 bits per heavy atom. The van der Waals surface area contributed by atoms with Gasteiger partial charge in [0, 0.05) is 18.1 Å². The highest BCUT2D eigenvalue weighted by molar-refractivity contribution is 6.30. The minimum Gasteiger partial charge on any atom is -0.445 e. The summed E-state index contributed by atoms with van der Waals surface area (Å²) in [5.41, 5.74) is 2.01. The minimum absolute atomic E-state index is 0.0168. The van der Waals surface area contributed by atoms with E-state index in [4.69, 9.17) is 25.8 Å². The molecule has 53 heavy (non-hydrogen) atoms. The molecule has 0 aliphatic carbocycles. The van der Waals surface area contributed by atoms with E-state index in [0.29, 0.717) is 24.0 Å². The van der Waals surface area contributed by atoms with Crippen LogP contribution < -0.4 is 16.0 Å². The molecule has 288 valence electrons. The summed E-state index contributed by atoms with van der Waals surface area (Å²) in [7, 11) is 0. The van der Waals surface area contributed by atoms with Gasteiger partial charge in [0.2, 0.25) is 0 Å². The number of alkyl carbamates (subject to hydrolysis) is 2. The molecular weight excluding hydrogens is 692 g/mol. The van der Waals surface area contributed by atoms with Gasteiger partial charge in [0.15, 0.2) is 0 Å². The fourth-order valence-electron chi connectivity index (χ4n) is 6.55. The normalized spacial score (nSPS) is 16.6. The van der Waals surface area contributed by atoms with E-state index in [1.807, 2.05) is 114 Å². The molecule has 2 unspecified atom stereocenters. The summed E-state index contributed by atoms with van der Waals surface area (Å²) in [5.74, 6) is 0.600. The highest BCUT2D eigenvalue weighted by Crippen LogP contribution is 2.33. The fraction of sp³-hybridized carbons (Fsp3) is 0.500. The molecule has 2 aliphatic heterocycles. The van der Waals surface area contributed by atoms with E-state index < -0.39 is 17.3 Å². The number of rotatable bonds is 8. The number of likely N-dealkylation sites (tertiary alicyclic amines) is 1. The summed E-state index contributed by atoms with van der Waals surface area (Å²) in [6.45, 7) is 14.6. The number of halogens is 1. The second-order valence-corrected chi connectivity index (χ2v) is 16.1. The number of hydrogen-bond acceptors (Lipinski definition) is 7. The summed E-state index contributed by atoms with van der Waals surface area (Å²) in [6.07, 6.45) is 2.50. The van der Waals surface area contributed by atoms with E-state index in [1.54, 1.807) is 4.90 Å². The van der Waals surface area contributed by atoms with Crippen molar-refractivity contribution in [2.45, 2.75) is 97.1 Å². The summed E-state index contributed by atoms with van der Waals surface area (Å²) < 4.78 is 16.4. The van der Waals surface area contributed by atoms with Crippen LogP contribution in [0.5, 0.6) is 0 Å². The SMILES string of the molecule is CC(C)(C)OC(=O)NC(c1ccc(Cl)cc1)C1CCN(C(=O)OCc2ccccc2)CC1.CC(C)(C)OC(=O)NC(c1ccccc1)C1CCNCC1. The average molecular weight is 749 g/mol. The van der Waals surface area contributed by atoms with Crippen LogP contribution in [0.2, 0.25) is 5.02 Å². The fourth-order valence-corrected chi connectivity index (χ4v) is 6.68. The zero-order chi connectivity index (χ0) is 38.4. The molecule has 2 saturated heterocycles. The summed E-state index contributed by atoms with van der Waals surface area (Å²) >= 11 is 6.05. The maximum Gasteiger partial charge on any atom is 0.410 e. The van der Waals surface area contributed by atoms with Crippen molar-refractivity contribution in [3.63, 3.8) is 0 Å². The Morgan fingerprint density at radius 1 is 0.698 bits per heavy atom. The van der Waals surface area contributed by atoms with Gasteiger partial charge in [0.25, 0.3) is 0 Å². The number of hydrogen-bond donors (Lipinski definition) is 3. The van der Waals surface area contributed by atoms with Crippen LogP contribution in [0.15, 0.2) is 84.9 Å².